The van der Waals surface area contributed by atoms with Gasteiger partial charge in [-0.3, -0.25) is 4.79 Å². The molecule has 0 atom stereocenters. The molecule has 70 valence electrons. The highest BCUT2D eigenvalue weighted by molar-refractivity contribution is 5.92. The third-order valence-electron chi connectivity index (χ3n) is 1.45. The summed E-state index contributed by atoms with van der Waals surface area (Å²) in [6.07, 6.45) is 0. The van der Waals surface area contributed by atoms with Crippen molar-refractivity contribution < 1.29 is 9.18 Å². The highest BCUT2D eigenvalue weighted by Crippen LogP contribution is 2.08. The van der Waals surface area contributed by atoms with Crippen molar-refractivity contribution in [3.05, 3.63) is 30.1 Å². The van der Waals surface area contributed by atoms with E-state index < -0.39 is 0 Å². The molecule has 4 heteroatoms. The third-order valence-corrected chi connectivity index (χ3v) is 1.45. The summed E-state index contributed by atoms with van der Waals surface area (Å²) in [5.41, 5.74) is 0.472. The monoisotopic (exact) mass is 182 g/mol. The van der Waals surface area contributed by atoms with E-state index >= 15 is 0 Å². The lowest BCUT2D eigenvalue weighted by molar-refractivity contribution is -0.115. The Morgan fingerprint density at radius 3 is 2.92 bits per heavy atom. The summed E-state index contributed by atoms with van der Waals surface area (Å²) < 4.78 is 12.6. The lowest BCUT2D eigenvalue weighted by Crippen LogP contribution is -2.25. The molecule has 0 aliphatic carbocycles. The average molecular weight is 182 g/mol. The second-order valence-corrected chi connectivity index (χ2v) is 2.59. The fourth-order valence-electron chi connectivity index (χ4n) is 0.932. The summed E-state index contributed by atoms with van der Waals surface area (Å²) in [5.74, 6) is -0.546. The van der Waals surface area contributed by atoms with Crippen LogP contribution in [0.1, 0.15) is 0 Å². The predicted molar refractivity (Wildman–Crippen MR) is 49.0 cm³/mol. The fourth-order valence-corrected chi connectivity index (χ4v) is 0.932. The van der Waals surface area contributed by atoms with Crippen LogP contribution in [0, 0.1) is 5.82 Å². The van der Waals surface area contributed by atoms with Crippen LogP contribution in [0.4, 0.5) is 10.1 Å². The van der Waals surface area contributed by atoms with Crippen molar-refractivity contribution in [2.24, 2.45) is 0 Å². The van der Waals surface area contributed by atoms with Gasteiger partial charge in [-0.25, -0.2) is 4.39 Å². The van der Waals surface area contributed by atoms with Crippen LogP contribution in [0.25, 0.3) is 0 Å². The Morgan fingerprint density at radius 1 is 1.54 bits per heavy atom. The SMILES string of the molecule is CNCC(=O)Nc1cccc(F)c1. The van der Waals surface area contributed by atoms with Crippen molar-refractivity contribution in [1.29, 1.82) is 0 Å². The van der Waals surface area contributed by atoms with Gasteiger partial charge in [0, 0.05) is 5.69 Å². The van der Waals surface area contributed by atoms with Crippen molar-refractivity contribution in [1.82, 2.24) is 5.32 Å². The van der Waals surface area contributed by atoms with Crippen molar-refractivity contribution in [2.75, 3.05) is 18.9 Å². The number of amides is 1. The first-order chi connectivity index (χ1) is 6.22. The smallest absolute Gasteiger partial charge is 0.238 e. The zero-order chi connectivity index (χ0) is 9.68. The van der Waals surface area contributed by atoms with Crippen LogP contribution in [0.3, 0.4) is 0 Å². The van der Waals surface area contributed by atoms with E-state index in [1.807, 2.05) is 0 Å². The lowest BCUT2D eigenvalue weighted by atomic mass is 10.3. The van der Waals surface area contributed by atoms with Gasteiger partial charge in [0.25, 0.3) is 0 Å². The largest absolute Gasteiger partial charge is 0.325 e. The minimum Gasteiger partial charge on any atom is -0.325 e. The zero-order valence-electron chi connectivity index (χ0n) is 7.30. The summed E-state index contributed by atoms with van der Waals surface area (Å²) in [4.78, 5) is 11.0. The number of rotatable bonds is 3. The van der Waals surface area contributed by atoms with E-state index in [1.165, 1.54) is 12.1 Å². The van der Waals surface area contributed by atoms with E-state index in [0.29, 0.717) is 5.69 Å². The molecule has 13 heavy (non-hydrogen) atoms. The van der Waals surface area contributed by atoms with Gasteiger partial charge >= 0.3 is 0 Å². The molecule has 2 N–H and O–H groups in total. The Hall–Kier alpha value is -1.42. The van der Waals surface area contributed by atoms with E-state index in [1.54, 1.807) is 19.2 Å². The van der Waals surface area contributed by atoms with Crippen LogP contribution in [-0.2, 0) is 4.79 Å². The molecule has 0 aliphatic rings. The molecule has 0 unspecified atom stereocenters. The summed E-state index contributed by atoms with van der Waals surface area (Å²) in [7, 11) is 1.67. The molecule has 1 aromatic rings. The Balaban J connectivity index is 2.58. The molecule has 0 aliphatic heterocycles. The highest BCUT2D eigenvalue weighted by Gasteiger charge is 2.00. The maximum atomic E-state index is 12.6. The Bertz CT molecular complexity index is 301. The number of anilines is 1. The molecular weight excluding hydrogens is 171 g/mol. The Kier molecular flexibility index (Phi) is 3.40. The minimum atomic E-state index is -0.359. The first kappa shape index (κ1) is 9.67. The van der Waals surface area contributed by atoms with Gasteiger partial charge < -0.3 is 10.6 Å². The number of carbonyl (C=O) groups is 1. The van der Waals surface area contributed by atoms with Crippen LogP contribution >= 0.6 is 0 Å². The van der Waals surface area contributed by atoms with Gasteiger partial charge in [-0.1, -0.05) is 6.07 Å². The first-order valence-electron chi connectivity index (χ1n) is 3.92. The number of halogens is 1. The summed E-state index contributed by atoms with van der Waals surface area (Å²) in [6, 6.07) is 5.78. The van der Waals surface area contributed by atoms with Crippen LogP contribution in [0.2, 0.25) is 0 Å². The highest BCUT2D eigenvalue weighted by atomic mass is 19.1. The summed E-state index contributed by atoms with van der Waals surface area (Å²) >= 11 is 0. The molecule has 0 spiro atoms. The number of likely N-dealkylation sites (N-methyl/N-ethyl adjacent to an activating group) is 1. The fraction of sp³-hybridized carbons (Fsp3) is 0.222. The Labute approximate surface area is 76.0 Å². The molecular formula is C9H11FN2O. The van der Waals surface area contributed by atoms with Gasteiger partial charge in [0.15, 0.2) is 0 Å². The molecule has 0 fully saturated rings. The summed E-state index contributed by atoms with van der Waals surface area (Å²) in [5, 5.41) is 5.24. The quantitative estimate of drug-likeness (QED) is 0.731. The average Bonchev–Trinajstić information content (AvgIpc) is 2.04. The van der Waals surface area contributed by atoms with Crippen molar-refractivity contribution in [3.63, 3.8) is 0 Å². The number of carbonyl (C=O) groups excluding carboxylic acids is 1. The molecule has 0 radical (unpaired) electrons. The first-order valence-corrected chi connectivity index (χ1v) is 3.92. The third kappa shape index (κ3) is 3.21. The van der Waals surface area contributed by atoms with Crippen LogP contribution < -0.4 is 10.6 Å². The minimum absolute atomic E-state index is 0.187. The van der Waals surface area contributed by atoms with Gasteiger partial charge in [0.05, 0.1) is 6.54 Å². The van der Waals surface area contributed by atoms with Gasteiger partial charge in [-0.05, 0) is 25.2 Å². The maximum Gasteiger partial charge on any atom is 0.238 e. The molecule has 0 aromatic heterocycles. The van der Waals surface area contributed by atoms with E-state index in [9.17, 15) is 9.18 Å². The standard InChI is InChI=1S/C9H11FN2O/c1-11-6-9(13)12-8-4-2-3-7(10)5-8/h2-5,11H,6H2,1H3,(H,12,13). The molecule has 1 amide bonds. The Morgan fingerprint density at radius 2 is 2.31 bits per heavy atom. The molecule has 0 saturated carbocycles. The van der Waals surface area contributed by atoms with Gasteiger partial charge in [0.1, 0.15) is 5.82 Å². The molecule has 0 bridgehead atoms. The summed E-state index contributed by atoms with van der Waals surface area (Å²) in [6.45, 7) is 0.219. The topological polar surface area (TPSA) is 41.1 Å². The van der Waals surface area contributed by atoms with Gasteiger partial charge in [-0.2, -0.15) is 0 Å². The molecule has 0 heterocycles. The van der Waals surface area contributed by atoms with Crippen molar-refractivity contribution in [2.45, 2.75) is 0 Å². The molecule has 1 rings (SSSR count). The van der Waals surface area contributed by atoms with Gasteiger partial charge in [-0.15, -0.1) is 0 Å². The van der Waals surface area contributed by atoms with Crippen LogP contribution in [0.5, 0.6) is 0 Å². The number of benzene rings is 1. The van der Waals surface area contributed by atoms with E-state index in [-0.39, 0.29) is 18.3 Å². The predicted octanol–water partition coefficient (Wildman–Crippen LogP) is 0.984. The number of hydrogen-bond donors (Lipinski definition) is 2. The zero-order valence-corrected chi connectivity index (χ0v) is 7.30. The maximum absolute atomic E-state index is 12.6. The molecule has 3 nitrogen and oxygen atoms in total. The second-order valence-electron chi connectivity index (χ2n) is 2.59. The number of hydrogen-bond acceptors (Lipinski definition) is 2. The molecule has 0 saturated heterocycles. The van der Waals surface area contributed by atoms with E-state index in [2.05, 4.69) is 10.6 Å². The van der Waals surface area contributed by atoms with E-state index in [0.717, 1.165) is 0 Å². The van der Waals surface area contributed by atoms with E-state index in [4.69, 9.17) is 0 Å². The normalized spacial score (nSPS) is 9.69. The van der Waals surface area contributed by atoms with Crippen LogP contribution in [-0.4, -0.2) is 19.5 Å². The second kappa shape index (κ2) is 4.57. The van der Waals surface area contributed by atoms with Crippen LogP contribution in [0.15, 0.2) is 24.3 Å². The number of nitrogens with one attached hydrogen (secondary N) is 2. The lowest BCUT2D eigenvalue weighted by Gasteiger charge is -2.03. The van der Waals surface area contributed by atoms with Crippen molar-refractivity contribution >= 4 is 11.6 Å². The van der Waals surface area contributed by atoms with Gasteiger partial charge in [0.2, 0.25) is 5.91 Å². The molecule has 1 aromatic carbocycles. The van der Waals surface area contributed by atoms with Crippen molar-refractivity contribution in [3.8, 4) is 0 Å².